The molecule has 0 N–H and O–H groups in total. The predicted molar refractivity (Wildman–Crippen MR) is 105 cm³/mol. The fourth-order valence-electron chi connectivity index (χ4n) is 2.89. The molecule has 2 aromatic rings. The lowest BCUT2D eigenvalue weighted by Crippen LogP contribution is -2.44. The molecule has 5 nitrogen and oxygen atoms in total. The minimum absolute atomic E-state index is 0.105. The van der Waals surface area contributed by atoms with Crippen LogP contribution < -0.4 is 4.74 Å². The average molecular weight is 380 g/mol. The first kappa shape index (κ1) is 19.7. The van der Waals surface area contributed by atoms with E-state index in [4.69, 9.17) is 14.2 Å². The molecule has 0 amide bonds. The van der Waals surface area contributed by atoms with E-state index in [-0.39, 0.29) is 5.57 Å². The van der Waals surface area contributed by atoms with Crippen molar-refractivity contribution < 1.29 is 23.8 Å². The number of esters is 2. The number of carbonyl (C=O) groups is 2. The number of cyclic esters (lactones) is 2. The summed E-state index contributed by atoms with van der Waals surface area (Å²) in [6, 6.07) is 17.0. The molecule has 0 aromatic heterocycles. The zero-order chi connectivity index (χ0) is 20.0. The van der Waals surface area contributed by atoms with Crippen LogP contribution in [0.1, 0.15) is 44.2 Å². The lowest BCUT2D eigenvalue weighted by atomic mass is 10.1. The average Bonchev–Trinajstić information content (AvgIpc) is 2.69. The molecule has 1 fully saturated rings. The van der Waals surface area contributed by atoms with Crippen LogP contribution in [0.25, 0.3) is 6.08 Å². The van der Waals surface area contributed by atoms with Crippen molar-refractivity contribution in [2.45, 2.75) is 45.5 Å². The molecule has 0 radical (unpaired) electrons. The van der Waals surface area contributed by atoms with Crippen LogP contribution >= 0.6 is 0 Å². The molecule has 1 heterocycles. The predicted octanol–water partition coefficient (Wildman–Crippen LogP) is 4.66. The van der Waals surface area contributed by atoms with Gasteiger partial charge in [-0.15, -0.1) is 0 Å². The summed E-state index contributed by atoms with van der Waals surface area (Å²) in [7, 11) is 0. The van der Waals surface area contributed by atoms with Crippen molar-refractivity contribution in [1.82, 2.24) is 0 Å². The van der Waals surface area contributed by atoms with Crippen molar-refractivity contribution in [3.63, 3.8) is 0 Å². The van der Waals surface area contributed by atoms with Gasteiger partial charge < -0.3 is 14.2 Å². The van der Waals surface area contributed by atoms with Crippen LogP contribution in [0.3, 0.4) is 0 Å². The van der Waals surface area contributed by atoms with E-state index in [0.717, 1.165) is 18.4 Å². The first-order valence-corrected chi connectivity index (χ1v) is 9.44. The summed E-state index contributed by atoms with van der Waals surface area (Å²) in [6.07, 6.45) is 3.69. The zero-order valence-corrected chi connectivity index (χ0v) is 16.1. The zero-order valence-electron chi connectivity index (χ0n) is 16.1. The van der Waals surface area contributed by atoms with Gasteiger partial charge in [0.15, 0.2) is 0 Å². The molecule has 0 atom stereocenters. The van der Waals surface area contributed by atoms with Crippen LogP contribution in [-0.2, 0) is 25.7 Å². The molecule has 1 aliphatic rings. The van der Waals surface area contributed by atoms with Crippen LogP contribution in [0.2, 0.25) is 0 Å². The molecule has 0 spiro atoms. The van der Waals surface area contributed by atoms with E-state index < -0.39 is 17.7 Å². The van der Waals surface area contributed by atoms with Crippen molar-refractivity contribution in [2.75, 3.05) is 0 Å². The summed E-state index contributed by atoms with van der Waals surface area (Å²) < 4.78 is 16.5. The van der Waals surface area contributed by atoms with E-state index in [1.807, 2.05) is 37.3 Å². The molecule has 2 aromatic carbocycles. The molecule has 0 saturated carbocycles. The molecule has 0 bridgehead atoms. The van der Waals surface area contributed by atoms with Gasteiger partial charge in [-0.2, -0.15) is 0 Å². The summed E-state index contributed by atoms with van der Waals surface area (Å²) >= 11 is 0. The molecule has 3 rings (SSSR count). The fraction of sp³-hybridized carbons (Fsp3) is 0.304. The van der Waals surface area contributed by atoms with Gasteiger partial charge in [0.1, 0.15) is 17.9 Å². The molecule has 0 aliphatic carbocycles. The van der Waals surface area contributed by atoms with E-state index >= 15 is 0 Å². The molecule has 28 heavy (non-hydrogen) atoms. The van der Waals surface area contributed by atoms with Crippen LogP contribution in [-0.4, -0.2) is 17.7 Å². The number of hydrogen-bond donors (Lipinski definition) is 0. The van der Waals surface area contributed by atoms with Gasteiger partial charge in [0.25, 0.3) is 5.79 Å². The summed E-state index contributed by atoms with van der Waals surface area (Å²) in [6.45, 7) is 4.11. The smallest absolute Gasteiger partial charge is 0.348 e. The highest BCUT2D eigenvalue weighted by atomic mass is 16.7. The van der Waals surface area contributed by atoms with Crippen LogP contribution in [0.5, 0.6) is 5.75 Å². The van der Waals surface area contributed by atoms with Gasteiger partial charge in [-0.25, -0.2) is 9.59 Å². The molecule has 5 heteroatoms. The first-order chi connectivity index (χ1) is 13.5. The molecular weight excluding hydrogens is 356 g/mol. The number of rotatable bonds is 7. The molecule has 1 saturated heterocycles. The number of carbonyl (C=O) groups excluding carboxylic acids is 2. The molecular formula is C23H24O5. The van der Waals surface area contributed by atoms with Gasteiger partial charge in [-0.05, 0) is 35.8 Å². The van der Waals surface area contributed by atoms with Crippen molar-refractivity contribution in [2.24, 2.45) is 0 Å². The summed E-state index contributed by atoms with van der Waals surface area (Å²) in [5.74, 6) is -1.79. The quantitative estimate of drug-likeness (QED) is 0.397. The Labute approximate surface area is 164 Å². The van der Waals surface area contributed by atoms with Crippen LogP contribution in [0.15, 0.2) is 60.2 Å². The number of hydrogen-bond acceptors (Lipinski definition) is 5. The summed E-state index contributed by atoms with van der Waals surface area (Å²) in [5.41, 5.74) is 1.66. The maximum atomic E-state index is 12.3. The standard InChI is InChI=1S/C23H24O5/c1-3-4-14-23(2)27-21(24)20(22(25)28-23)15-17-10-12-19(13-11-17)26-16-18-8-6-5-7-9-18/h5-13,15H,3-4,14,16H2,1-2H3. The Bertz CT molecular complexity index is 832. The third-order valence-corrected chi connectivity index (χ3v) is 4.48. The molecule has 0 unspecified atom stereocenters. The maximum Gasteiger partial charge on any atom is 0.348 e. The van der Waals surface area contributed by atoms with Crippen LogP contribution in [0, 0.1) is 0 Å². The van der Waals surface area contributed by atoms with E-state index in [2.05, 4.69) is 0 Å². The van der Waals surface area contributed by atoms with Gasteiger partial charge in [-0.3, -0.25) is 0 Å². The normalized spacial score (nSPS) is 19.0. The topological polar surface area (TPSA) is 61.8 Å². The van der Waals surface area contributed by atoms with Gasteiger partial charge in [0.05, 0.1) is 0 Å². The Kier molecular flexibility index (Phi) is 6.14. The second kappa shape index (κ2) is 8.74. The Morgan fingerprint density at radius 2 is 1.61 bits per heavy atom. The van der Waals surface area contributed by atoms with Gasteiger partial charge in [0, 0.05) is 13.3 Å². The largest absolute Gasteiger partial charge is 0.489 e. The highest BCUT2D eigenvalue weighted by Gasteiger charge is 2.41. The summed E-state index contributed by atoms with van der Waals surface area (Å²) in [4.78, 5) is 24.6. The van der Waals surface area contributed by atoms with Gasteiger partial charge in [-0.1, -0.05) is 55.8 Å². The van der Waals surface area contributed by atoms with E-state index in [1.165, 1.54) is 6.08 Å². The molecule has 1 aliphatic heterocycles. The monoisotopic (exact) mass is 380 g/mol. The van der Waals surface area contributed by atoms with Crippen molar-refractivity contribution in [3.8, 4) is 5.75 Å². The van der Waals surface area contributed by atoms with Crippen molar-refractivity contribution >= 4 is 18.0 Å². The number of unbranched alkanes of at least 4 members (excludes halogenated alkanes) is 1. The maximum absolute atomic E-state index is 12.3. The lowest BCUT2D eigenvalue weighted by molar-refractivity contribution is -0.230. The van der Waals surface area contributed by atoms with Gasteiger partial charge >= 0.3 is 11.9 Å². The number of benzene rings is 2. The number of ether oxygens (including phenoxy) is 3. The minimum Gasteiger partial charge on any atom is -0.489 e. The van der Waals surface area contributed by atoms with E-state index in [1.54, 1.807) is 31.2 Å². The SMILES string of the molecule is CCCCC1(C)OC(=O)C(=Cc2ccc(OCc3ccccc3)cc2)C(=O)O1. The van der Waals surface area contributed by atoms with Crippen molar-refractivity contribution in [1.29, 1.82) is 0 Å². The minimum atomic E-state index is -1.18. The first-order valence-electron chi connectivity index (χ1n) is 9.44. The van der Waals surface area contributed by atoms with Crippen molar-refractivity contribution in [3.05, 3.63) is 71.3 Å². The highest BCUT2D eigenvalue weighted by molar-refractivity contribution is 6.18. The Morgan fingerprint density at radius 3 is 2.21 bits per heavy atom. The molecule has 146 valence electrons. The van der Waals surface area contributed by atoms with Crippen LogP contribution in [0.4, 0.5) is 0 Å². The lowest BCUT2D eigenvalue weighted by Gasteiger charge is -2.33. The third kappa shape index (κ3) is 5.00. The Hall–Kier alpha value is -3.08. The second-order valence-corrected chi connectivity index (χ2v) is 6.92. The Morgan fingerprint density at radius 1 is 0.964 bits per heavy atom. The fourth-order valence-corrected chi connectivity index (χ4v) is 2.89. The van der Waals surface area contributed by atoms with Gasteiger partial charge in [0.2, 0.25) is 0 Å². The Balaban J connectivity index is 1.65. The summed E-state index contributed by atoms with van der Waals surface area (Å²) in [5, 5.41) is 0. The van der Waals surface area contributed by atoms with E-state index in [9.17, 15) is 9.59 Å². The third-order valence-electron chi connectivity index (χ3n) is 4.48. The van der Waals surface area contributed by atoms with E-state index in [0.29, 0.717) is 24.3 Å². The highest BCUT2D eigenvalue weighted by Crippen LogP contribution is 2.29. The second-order valence-electron chi connectivity index (χ2n) is 6.92.